The van der Waals surface area contributed by atoms with E-state index >= 15 is 0 Å². The molecule has 1 aromatic heterocycles. The Morgan fingerprint density at radius 2 is 2.24 bits per heavy atom. The van der Waals surface area contributed by atoms with Crippen LogP contribution < -0.4 is 10.6 Å². The second kappa shape index (κ2) is 10.8. The average Bonchev–Trinajstić information content (AvgIpc) is 2.97. The zero-order valence-corrected chi connectivity index (χ0v) is 16.8. The van der Waals surface area contributed by atoms with Crippen molar-refractivity contribution in [3.63, 3.8) is 0 Å². The van der Waals surface area contributed by atoms with Crippen molar-refractivity contribution in [3.8, 4) is 0 Å². The lowest BCUT2D eigenvalue weighted by atomic mass is 9.92. The number of aromatic nitrogens is 2. The summed E-state index contributed by atoms with van der Waals surface area (Å²) >= 11 is 0. The van der Waals surface area contributed by atoms with Crippen molar-refractivity contribution in [2.45, 2.75) is 12.8 Å². The normalized spacial score (nSPS) is 20.7. The van der Waals surface area contributed by atoms with Crippen LogP contribution in [0, 0.1) is 5.92 Å². The average molecular weight is 386 g/mol. The first kappa shape index (κ1) is 20.3. The lowest BCUT2D eigenvalue weighted by Gasteiger charge is -2.13. The lowest BCUT2D eigenvalue weighted by Crippen LogP contribution is -2.08. The molecule has 1 atom stereocenters. The Bertz CT molecular complexity index is 923. The minimum Gasteiger partial charge on any atom is -0.388 e. The molecule has 3 rings (SSSR count). The summed E-state index contributed by atoms with van der Waals surface area (Å²) in [5, 5.41) is 15.2. The number of aliphatic imine (C=N–C) groups is 1. The van der Waals surface area contributed by atoms with Gasteiger partial charge in [0.05, 0.1) is 17.9 Å². The summed E-state index contributed by atoms with van der Waals surface area (Å²) in [6, 6.07) is 4.03. The maximum absolute atomic E-state index is 4.48. The van der Waals surface area contributed by atoms with E-state index in [2.05, 4.69) is 56.4 Å². The molecule has 1 aromatic rings. The van der Waals surface area contributed by atoms with Crippen molar-refractivity contribution in [2.75, 3.05) is 20.1 Å². The Balaban J connectivity index is 1.80. The molecule has 0 aliphatic carbocycles. The number of allylic oxidation sites excluding steroid dienone is 7. The van der Waals surface area contributed by atoms with Crippen molar-refractivity contribution in [1.82, 2.24) is 20.8 Å². The van der Waals surface area contributed by atoms with Gasteiger partial charge in [-0.15, -0.1) is 5.73 Å². The first-order valence-corrected chi connectivity index (χ1v) is 9.83. The molecule has 148 valence electrons. The number of hydrogen-bond donors (Lipinski definition) is 2. The van der Waals surface area contributed by atoms with Gasteiger partial charge in [0.25, 0.3) is 0 Å². The third-order valence-electron chi connectivity index (χ3n) is 4.66. The third-order valence-corrected chi connectivity index (χ3v) is 4.66. The number of hydrogen-bond acceptors (Lipinski definition) is 5. The molecule has 3 heterocycles. The number of nitrogens with zero attached hydrogens (tertiary/aromatic N) is 3. The monoisotopic (exact) mass is 385 g/mol. The third kappa shape index (κ3) is 6.03. The van der Waals surface area contributed by atoms with Crippen LogP contribution in [0.4, 0.5) is 0 Å². The minimum absolute atomic E-state index is 0.269. The van der Waals surface area contributed by atoms with Crippen LogP contribution in [0.25, 0.3) is 5.57 Å². The van der Waals surface area contributed by atoms with Gasteiger partial charge in [-0.25, -0.2) is 0 Å². The van der Waals surface area contributed by atoms with E-state index in [4.69, 9.17) is 0 Å². The van der Waals surface area contributed by atoms with E-state index in [0.717, 1.165) is 47.6 Å². The molecule has 0 saturated heterocycles. The fourth-order valence-corrected chi connectivity index (χ4v) is 3.10. The quantitative estimate of drug-likeness (QED) is 0.601. The van der Waals surface area contributed by atoms with E-state index < -0.39 is 0 Å². The van der Waals surface area contributed by atoms with Gasteiger partial charge in [-0.3, -0.25) is 4.99 Å². The van der Waals surface area contributed by atoms with Crippen LogP contribution in [0.5, 0.6) is 0 Å². The Kier molecular flexibility index (Phi) is 7.55. The standard InChI is InChI=1S/C24H27N5/c1-19-7-4-3-5-13-27-18-23(19)24-10-9-22(28-29-24)17-21(11-15-25-2)20-8-6-14-26-16-12-20/h3-10,15-16,18,20,25,27H,1,12-14,17H2,2H3/b5-3-,7-4-,23-18?. The van der Waals surface area contributed by atoms with Crippen molar-refractivity contribution >= 4 is 11.8 Å². The molecule has 1 unspecified atom stereocenters. The molecule has 2 N–H and O–H groups in total. The molecular weight excluding hydrogens is 358 g/mol. The van der Waals surface area contributed by atoms with Crippen LogP contribution in [-0.2, 0) is 6.42 Å². The predicted molar refractivity (Wildman–Crippen MR) is 120 cm³/mol. The zero-order valence-electron chi connectivity index (χ0n) is 16.8. The summed E-state index contributed by atoms with van der Waals surface area (Å²) in [4.78, 5) is 4.35. The summed E-state index contributed by atoms with van der Waals surface area (Å²) in [7, 11) is 1.87. The van der Waals surface area contributed by atoms with Gasteiger partial charge in [-0.1, -0.05) is 43.0 Å². The largest absolute Gasteiger partial charge is 0.388 e. The molecule has 29 heavy (non-hydrogen) atoms. The maximum Gasteiger partial charge on any atom is 0.0950 e. The molecule has 0 bridgehead atoms. The van der Waals surface area contributed by atoms with Crippen LogP contribution in [0.15, 0.2) is 89.4 Å². The fraction of sp³-hybridized carbons (Fsp3) is 0.250. The van der Waals surface area contributed by atoms with E-state index in [1.807, 2.05) is 56.0 Å². The van der Waals surface area contributed by atoms with Crippen LogP contribution in [0.1, 0.15) is 17.8 Å². The Morgan fingerprint density at radius 1 is 1.31 bits per heavy atom. The van der Waals surface area contributed by atoms with Gasteiger partial charge >= 0.3 is 0 Å². The highest BCUT2D eigenvalue weighted by atomic mass is 15.1. The summed E-state index contributed by atoms with van der Waals surface area (Å²) in [5.74, 6) is 0.269. The van der Waals surface area contributed by atoms with Crippen LogP contribution in [-0.4, -0.2) is 36.5 Å². The van der Waals surface area contributed by atoms with Gasteiger partial charge in [0, 0.05) is 43.9 Å². The fourth-order valence-electron chi connectivity index (χ4n) is 3.10. The summed E-state index contributed by atoms with van der Waals surface area (Å²) in [6.45, 7) is 5.65. The van der Waals surface area contributed by atoms with Gasteiger partial charge < -0.3 is 10.6 Å². The topological polar surface area (TPSA) is 62.2 Å². The van der Waals surface area contributed by atoms with Gasteiger partial charge in [0.2, 0.25) is 0 Å². The van der Waals surface area contributed by atoms with E-state index in [-0.39, 0.29) is 5.92 Å². The Morgan fingerprint density at radius 3 is 3.07 bits per heavy atom. The van der Waals surface area contributed by atoms with Crippen molar-refractivity contribution in [2.24, 2.45) is 10.9 Å². The number of nitrogens with one attached hydrogen (secondary N) is 2. The van der Waals surface area contributed by atoms with Gasteiger partial charge in [0.15, 0.2) is 0 Å². The summed E-state index contributed by atoms with van der Waals surface area (Å²) in [5.41, 5.74) is 8.08. The summed E-state index contributed by atoms with van der Waals surface area (Å²) < 4.78 is 0. The van der Waals surface area contributed by atoms with Crippen molar-refractivity contribution in [3.05, 3.63) is 95.8 Å². The van der Waals surface area contributed by atoms with E-state index in [0.29, 0.717) is 6.42 Å². The molecule has 0 saturated carbocycles. The van der Waals surface area contributed by atoms with Crippen molar-refractivity contribution in [1.29, 1.82) is 0 Å². The smallest absolute Gasteiger partial charge is 0.0950 e. The molecule has 5 nitrogen and oxygen atoms in total. The summed E-state index contributed by atoms with van der Waals surface area (Å²) in [6.07, 6.45) is 19.7. The highest BCUT2D eigenvalue weighted by molar-refractivity contribution is 5.79. The molecule has 0 spiro atoms. The molecular formula is C24H27N5. The highest BCUT2D eigenvalue weighted by Gasteiger charge is 2.14. The molecule has 2 aliphatic heterocycles. The van der Waals surface area contributed by atoms with Crippen LogP contribution in [0.2, 0.25) is 0 Å². The second-order valence-electron chi connectivity index (χ2n) is 6.79. The maximum atomic E-state index is 4.48. The molecule has 2 aliphatic rings. The lowest BCUT2D eigenvalue weighted by molar-refractivity contribution is 0.763. The van der Waals surface area contributed by atoms with E-state index in [9.17, 15) is 0 Å². The minimum atomic E-state index is 0.269. The number of rotatable bonds is 5. The molecule has 0 aromatic carbocycles. The van der Waals surface area contributed by atoms with Gasteiger partial charge in [0.1, 0.15) is 0 Å². The van der Waals surface area contributed by atoms with Gasteiger partial charge in [-0.2, -0.15) is 10.2 Å². The van der Waals surface area contributed by atoms with Crippen molar-refractivity contribution < 1.29 is 0 Å². The predicted octanol–water partition coefficient (Wildman–Crippen LogP) is 3.54. The van der Waals surface area contributed by atoms with Crippen LogP contribution >= 0.6 is 0 Å². The van der Waals surface area contributed by atoms with Gasteiger partial charge in [-0.05, 0) is 35.9 Å². The first-order chi connectivity index (χ1) is 14.3. The molecule has 0 fully saturated rings. The van der Waals surface area contributed by atoms with E-state index in [1.165, 1.54) is 0 Å². The Labute approximate surface area is 172 Å². The van der Waals surface area contributed by atoms with Crippen LogP contribution in [0.3, 0.4) is 0 Å². The molecule has 0 amide bonds. The highest BCUT2D eigenvalue weighted by Crippen LogP contribution is 2.23. The molecule has 0 radical (unpaired) electrons. The molecule has 5 heteroatoms. The SMILES string of the molecule is C=C1/C=C\C=C/CNC=C1c1ccc(CC(=C=CNC)C2C=CCN=CC2)nn1. The zero-order chi connectivity index (χ0) is 20.3. The Hall–Kier alpha value is -3.43. The first-order valence-electron chi connectivity index (χ1n) is 9.83. The second-order valence-corrected chi connectivity index (χ2v) is 6.79. The van der Waals surface area contributed by atoms with E-state index in [1.54, 1.807) is 0 Å².